The number of unbranched alkanes of at least 4 members (excludes halogenated alkanes) is 3. The second-order valence-corrected chi connectivity index (χ2v) is 5.40. The van der Waals surface area contributed by atoms with Crippen molar-refractivity contribution in [1.29, 1.82) is 0 Å². The van der Waals surface area contributed by atoms with Gasteiger partial charge in [-0.15, -0.1) is 0 Å². The van der Waals surface area contributed by atoms with Crippen LogP contribution in [0.3, 0.4) is 0 Å². The highest BCUT2D eigenvalue weighted by Gasteiger charge is 2.02. The summed E-state index contributed by atoms with van der Waals surface area (Å²) in [5, 5.41) is 3.42. The number of aromatic nitrogens is 1. The first kappa shape index (κ1) is 16.0. The molecule has 108 valence electrons. The van der Waals surface area contributed by atoms with Gasteiger partial charge in [-0.1, -0.05) is 40.0 Å². The van der Waals surface area contributed by atoms with E-state index in [0.29, 0.717) is 6.04 Å². The van der Waals surface area contributed by atoms with Crippen molar-refractivity contribution in [2.45, 2.75) is 66.0 Å². The zero-order valence-electron chi connectivity index (χ0n) is 12.8. The van der Waals surface area contributed by atoms with Gasteiger partial charge < -0.3 is 10.1 Å². The van der Waals surface area contributed by atoms with E-state index in [1.54, 1.807) is 0 Å². The van der Waals surface area contributed by atoms with Crippen LogP contribution in [0.1, 0.15) is 57.7 Å². The van der Waals surface area contributed by atoms with Crippen LogP contribution in [-0.4, -0.2) is 17.6 Å². The van der Waals surface area contributed by atoms with E-state index in [0.717, 1.165) is 31.1 Å². The molecule has 1 aromatic rings. The van der Waals surface area contributed by atoms with E-state index in [4.69, 9.17) is 4.74 Å². The lowest BCUT2D eigenvalue weighted by atomic mass is 10.2. The predicted octanol–water partition coefficient (Wildman–Crippen LogP) is 3.85. The smallest absolute Gasteiger partial charge is 0.213 e. The molecule has 0 radical (unpaired) electrons. The van der Waals surface area contributed by atoms with E-state index in [9.17, 15) is 0 Å². The Morgan fingerprint density at radius 2 is 2.00 bits per heavy atom. The van der Waals surface area contributed by atoms with Gasteiger partial charge in [-0.2, -0.15) is 0 Å². The van der Waals surface area contributed by atoms with Gasteiger partial charge in [0.25, 0.3) is 0 Å². The Morgan fingerprint density at radius 3 is 2.68 bits per heavy atom. The van der Waals surface area contributed by atoms with Crippen LogP contribution in [0, 0.1) is 6.92 Å². The number of rotatable bonds is 9. The minimum atomic E-state index is 0.492. The number of hydrogen-bond acceptors (Lipinski definition) is 3. The van der Waals surface area contributed by atoms with Crippen molar-refractivity contribution in [3.05, 3.63) is 23.4 Å². The van der Waals surface area contributed by atoms with Gasteiger partial charge in [0.1, 0.15) is 0 Å². The standard InChI is InChI=1S/C16H28N2O/c1-5-6-7-8-9-19-16-11-15(10-14(4)18-16)12-17-13(2)3/h10-11,13,17H,5-9,12H2,1-4H3. The minimum absolute atomic E-state index is 0.492. The molecule has 1 heterocycles. The summed E-state index contributed by atoms with van der Waals surface area (Å²) in [7, 11) is 0. The summed E-state index contributed by atoms with van der Waals surface area (Å²) in [4.78, 5) is 4.43. The summed E-state index contributed by atoms with van der Waals surface area (Å²) in [6, 6.07) is 4.65. The molecule has 0 atom stereocenters. The van der Waals surface area contributed by atoms with Gasteiger partial charge in [-0.05, 0) is 25.0 Å². The molecule has 3 heteroatoms. The van der Waals surface area contributed by atoms with E-state index in [1.165, 1.54) is 24.8 Å². The quantitative estimate of drug-likeness (QED) is 0.688. The number of pyridine rings is 1. The van der Waals surface area contributed by atoms with Crippen LogP contribution >= 0.6 is 0 Å². The van der Waals surface area contributed by atoms with Crippen molar-refractivity contribution in [1.82, 2.24) is 10.3 Å². The Labute approximate surface area is 117 Å². The zero-order chi connectivity index (χ0) is 14.1. The molecule has 0 aliphatic carbocycles. The van der Waals surface area contributed by atoms with Crippen LogP contribution in [0.25, 0.3) is 0 Å². The van der Waals surface area contributed by atoms with Gasteiger partial charge in [-0.25, -0.2) is 4.98 Å². The first-order valence-electron chi connectivity index (χ1n) is 7.45. The van der Waals surface area contributed by atoms with Gasteiger partial charge in [-0.3, -0.25) is 0 Å². The third-order valence-corrected chi connectivity index (χ3v) is 2.95. The fraction of sp³-hybridized carbons (Fsp3) is 0.688. The molecule has 1 aromatic heterocycles. The molecule has 19 heavy (non-hydrogen) atoms. The molecule has 0 aliphatic heterocycles. The van der Waals surface area contributed by atoms with Crippen LogP contribution < -0.4 is 10.1 Å². The Kier molecular flexibility index (Phi) is 7.49. The third-order valence-electron chi connectivity index (χ3n) is 2.95. The Morgan fingerprint density at radius 1 is 1.21 bits per heavy atom. The van der Waals surface area contributed by atoms with E-state index >= 15 is 0 Å². The van der Waals surface area contributed by atoms with E-state index in [2.05, 4.69) is 37.1 Å². The first-order chi connectivity index (χ1) is 9.11. The van der Waals surface area contributed by atoms with Crippen molar-refractivity contribution < 1.29 is 4.74 Å². The molecule has 0 saturated carbocycles. The molecule has 0 unspecified atom stereocenters. The van der Waals surface area contributed by atoms with E-state index in [1.807, 2.05) is 13.0 Å². The molecular weight excluding hydrogens is 236 g/mol. The predicted molar refractivity (Wildman–Crippen MR) is 80.6 cm³/mol. The largest absolute Gasteiger partial charge is 0.478 e. The van der Waals surface area contributed by atoms with Crippen LogP contribution in [0.4, 0.5) is 0 Å². The van der Waals surface area contributed by atoms with Crippen LogP contribution in [0.5, 0.6) is 5.88 Å². The maximum Gasteiger partial charge on any atom is 0.213 e. The number of aryl methyl sites for hydroxylation is 1. The number of hydrogen-bond donors (Lipinski definition) is 1. The third kappa shape index (κ3) is 7.16. The Hall–Kier alpha value is -1.09. The summed E-state index contributed by atoms with van der Waals surface area (Å²) in [6.07, 6.45) is 4.90. The van der Waals surface area contributed by atoms with Gasteiger partial charge in [0.2, 0.25) is 5.88 Å². The van der Waals surface area contributed by atoms with Gasteiger partial charge in [0, 0.05) is 24.3 Å². The lowest BCUT2D eigenvalue weighted by Gasteiger charge is -2.11. The van der Waals surface area contributed by atoms with Crippen molar-refractivity contribution in [3.8, 4) is 5.88 Å². The molecular formula is C16H28N2O. The molecule has 1 N–H and O–H groups in total. The van der Waals surface area contributed by atoms with Gasteiger partial charge in [0.15, 0.2) is 0 Å². The Balaban J connectivity index is 2.44. The van der Waals surface area contributed by atoms with E-state index in [-0.39, 0.29) is 0 Å². The fourth-order valence-corrected chi connectivity index (χ4v) is 1.91. The maximum absolute atomic E-state index is 5.74. The molecule has 0 aliphatic rings. The summed E-state index contributed by atoms with van der Waals surface area (Å²) in [6.45, 7) is 10.2. The normalized spacial score (nSPS) is 11.0. The molecule has 0 amide bonds. The topological polar surface area (TPSA) is 34.1 Å². The van der Waals surface area contributed by atoms with Crippen molar-refractivity contribution in [2.75, 3.05) is 6.61 Å². The number of nitrogens with one attached hydrogen (secondary N) is 1. The van der Waals surface area contributed by atoms with Crippen molar-refractivity contribution >= 4 is 0 Å². The second kappa shape index (κ2) is 8.92. The van der Waals surface area contributed by atoms with Crippen molar-refractivity contribution in [2.24, 2.45) is 0 Å². The SMILES string of the molecule is CCCCCCOc1cc(CNC(C)C)cc(C)n1. The Bertz CT molecular complexity index is 364. The highest BCUT2D eigenvalue weighted by atomic mass is 16.5. The van der Waals surface area contributed by atoms with E-state index < -0.39 is 0 Å². The average molecular weight is 264 g/mol. The van der Waals surface area contributed by atoms with Crippen LogP contribution in [0.15, 0.2) is 12.1 Å². The molecule has 0 bridgehead atoms. The lowest BCUT2D eigenvalue weighted by Crippen LogP contribution is -2.22. The average Bonchev–Trinajstić information content (AvgIpc) is 2.35. The van der Waals surface area contributed by atoms with Gasteiger partial charge >= 0.3 is 0 Å². The molecule has 0 saturated heterocycles. The summed E-state index contributed by atoms with van der Waals surface area (Å²) in [5.74, 6) is 0.761. The van der Waals surface area contributed by atoms with Crippen LogP contribution in [-0.2, 0) is 6.54 Å². The molecule has 1 rings (SSSR count). The summed E-state index contributed by atoms with van der Waals surface area (Å²) >= 11 is 0. The first-order valence-corrected chi connectivity index (χ1v) is 7.45. The maximum atomic E-state index is 5.74. The summed E-state index contributed by atoms with van der Waals surface area (Å²) in [5.41, 5.74) is 2.26. The molecule has 0 fully saturated rings. The fourth-order valence-electron chi connectivity index (χ4n) is 1.91. The van der Waals surface area contributed by atoms with Crippen LogP contribution in [0.2, 0.25) is 0 Å². The lowest BCUT2D eigenvalue weighted by molar-refractivity contribution is 0.293. The van der Waals surface area contributed by atoms with Gasteiger partial charge in [0.05, 0.1) is 6.61 Å². The monoisotopic (exact) mass is 264 g/mol. The number of ether oxygens (including phenoxy) is 1. The molecule has 0 spiro atoms. The second-order valence-electron chi connectivity index (χ2n) is 5.40. The summed E-state index contributed by atoms with van der Waals surface area (Å²) < 4.78 is 5.74. The highest BCUT2D eigenvalue weighted by Crippen LogP contribution is 2.13. The minimum Gasteiger partial charge on any atom is -0.478 e. The highest BCUT2D eigenvalue weighted by molar-refractivity contribution is 5.24. The zero-order valence-corrected chi connectivity index (χ0v) is 12.8. The molecule has 3 nitrogen and oxygen atoms in total. The van der Waals surface area contributed by atoms with Crippen molar-refractivity contribution in [3.63, 3.8) is 0 Å². The number of nitrogens with zero attached hydrogens (tertiary/aromatic N) is 1. The molecule has 0 aromatic carbocycles.